The quantitative estimate of drug-likeness (QED) is 0.665. The van der Waals surface area contributed by atoms with E-state index in [2.05, 4.69) is 10.3 Å². The van der Waals surface area contributed by atoms with E-state index >= 15 is 0 Å². The van der Waals surface area contributed by atoms with Crippen LogP contribution in [-0.2, 0) is 9.59 Å². The van der Waals surface area contributed by atoms with Crippen LogP contribution in [0.15, 0.2) is 41.4 Å². The molecular weight excluding hydrogens is 449 g/mol. The third kappa shape index (κ3) is 5.00. The molecule has 1 unspecified atom stereocenters. The van der Waals surface area contributed by atoms with Crippen molar-refractivity contribution < 1.29 is 19.4 Å². The maximum atomic E-state index is 12.7. The number of ether oxygens (including phenoxy) is 1. The number of phenolic OH excluding ortho intramolecular Hbond substituents is 1. The van der Waals surface area contributed by atoms with Crippen molar-refractivity contribution in [3.8, 4) is 11.5 Å². The van der Waals surface area contributed by atoms with E-state index in [4.69, 9.17) is 27.9 Å². The highest BCUT2D eigenvalue weighted by Crippen LogP contribution is 2.37. The van der Waals surface area contributed by atoms with Gasteiger partial charge in [0.1, 0.15) is 11.0 Å². The van der Waals surface area contributed by atoms with Crippen LogP contribution in [0.2, 0.25) is 10.0 Å². The molecule has 1 aliphatic heterocycles. The lowest BCUT2D eigenvalue weighted by molar-refractivity contribution is -0.129. The monoisotopic (exact) mass is 467 g/mol. The number of nitrogens with zero attached hydrogens (tertiary/aromatic N) is 2. The summed E-state index contributed by atoms with van der Waals surface area (Å²) < 4.78 is 5.11. The molecule has 2 aromatic rings. The summed E-state index contributed by atoms with van der Waals surface area (Å²) >= 11 is 13.1. The Labute approximate surface area is 188 Å². The smallest absolute Gasteiger partial charge is 0.238 e. The first kappa shape index (κ1) is 22.3. The minimum atomic E-state index is -0.649. The first-order valence-electron chi connectivity index (χ1n) is 9.01. The molecule has 1 heterocycles. The van der Waals surface area contributed by atoms with E-state index in [1.807, 2.05) is 6.92 Å². The molecule has 0 bridgehead atoms. The minimum absolute atomic E-state index is 0.0471. The number of aliphatic imine (C=N–C) groups is 1. The number of benzene rings is 2. The molecule has 0 aromatic heterocycles. The molecule has 158 valence electrons. The van der Waals surface area contributed by atoms with Crippen molar-refractivity contribution in [3.63, 3.8) is 0 Å². The van der Waals surface area contributed by atoms with E-state index in [1.165, 1.54) is 28.8 Å². The predicted octanol–water partition coefficient (Wildman–Crippen LogP) is 4.69. The summed E-state index contributed by atoms with van der Waals surface area (Å²) in [7, 11) is 1.56. The Kier molecular flexibility index (Phi) is 7.12. The van der Waals surface area contributed by atoms with Crippen LogP contribution in [0.1, 0.15) is 13.3 Å². The number of amidine groups is 1. The van der Waals surface area contributed by atoms with E-state index in [1.54, 1.807) is 31.4 Å². The number of hydrogen-bond acceptors (Lipinski definition) is 6. The average Bonchev–Trinajstić information content (AvgIpc) is 2.72. The van der Waals surface area contributed by atoms with Crippen molar-refractivity contribution in [2.75, 3.05) is 19.0 Å². The van der Waals surface area contributed by atoms with E-state index in [0.717, 1.165) is 0 Å². The number of carbonyl (C=O) groups is 2. The summed E-state index contributed by atoms with van der Waals surface area (Å²) in [6.07, 6.45) is 0.0522. The van der Waals surface area contributed by atoms with Gasteiger partial charge in [-0.1, -0.05) is 35.0 Å². The van der Waals surface area contributed by atoms with Crippen molar-refractivity contribution in [2.45, 2.75) is 18.6 Å². The van der Waals surface area contributed by atoms with Gasteiger partial charge in [0.2, 0.25) is 11.8 Å². The number of amides is 2. The summed E-state index contributed by atoms with van der Waals surface area (Å²) in [4.78, 5) is 31.3. The van der Waals surface area contributed by atoms with Crippen LogP contribution in [0.25, 0.3) is 0 Å². The number of rotatable bonds is 5. The van der Waals surface area contributed by atoms with Gasteiger partial charge in [0.25, 0.3) is 0 Å². The molecule has 2 N–H and O–H groups in total. The SMILES string of the molecule is CCN1C(=O)CC(C(=O)Nc2ccc(OC)cc2)SC1=Nc1cc(Cl)c(O)c(Cl)c1. The standard InChI is InChI=1S/C20H19Cl2N3O4S/c1-3-25-17(26)10-16(19(28)23-11-4-6-13(29-2)7-5-11)30-20(25)24-12-8-14(21)18(27)15(22)9-12/h4-9,16,27H,3,10H2,1-2H3,(H,23,28). The average molecular weight is 468 g/mol. The van der Waals surface area contributed by atoms with Crippen LogP contribution >= 0.6 is 35.0 Å². The number of aromatic hydroxyl groups is 1. The molecule has 10 heteroatoms. The Morgan fingerprint density at radius 1 is 1.30 bits per heavy atom. The second-order valence-corrected chi connectivity index (χ2v) is 8.30. The summed E-state index contributed by atoms with van der Waals surface area (Å²) in [6, 6.07) is 9.79. The Morgan fingerprint density at radius 2 is 1.93 bits per heavy atom. The number of carbonyl (C=O) groups excluding carboxylic acids is 2. The van der Waals surface area contributed by atoms with Gasteiger partial charge in [-0.15, -0.1) is 0 Å². The summed E-state index contributed by atoms with van der Waals surface area (Å²) in [6.45, 7) is 2.22. The lowest BCUT2D eigenvalue weighted by atomic mass is 10.2. The maximum Gasteiger partial charge on any atom is 0.238 e. The molecule has 1 atom stereocenters. The van der Waals surface area contributed by atoms with Crippen LogP contribution < -0.4 is 10.1 Å². The van der Waals surface area contributed by atoms with Gasteiger partial charge in [0.05, 0.1) is 22.8 Å². The Hall–Kier alpha value is -2.42. The highest BCUT2D eigenvalue weighted by molar-refractivity contribution is 8.15. The van der Waals surface area contributed by atoms with Gasteiger partial charge in [0, 0.05) is 18.7 Å². The molecule has 0 radical (unpaired) electrons. The highest BCUT2D eigenvalue weighted by atomic mass is 35.5. The van der Waals surface area contributed by atoms with Crippen LogP contribution in [0.5, 0.6) is 11.5 Å². The number of hydrogen-bond donors (Lipinski definition) is 2. The van der Waals surface area contributed by atoms with Gasteiger partial charge in [0.15, 0.2) is 10.9 Å². The van der Waals surface area contributed by atoms with Crippen molar-refractivity contribution in [2.24, 2.45) is 4.99 Å². The fraction of sp³-hybridized carbons (Fsp3) is 0.250. The van der Waals surface area contributed by atoms with Gasteiger partial charge < -0.3 is 15.2 Å². The molecule has 1 aliphatic rings. The van der Waals surface area contributed by atoms with Gasteiger partial charge in [-0.25, -0.2) is 4.99 Å². The zero-order valence-electron chi connectivity index (χ0n) is 16.2. The molecule has 0 saturated carbocycles. The zero-order valence-corrected chi connectivity index (χ0v) is 18.5. The van der Waals surface area contributed by atoms with E-state index in [9.17, 15) is 14.7 Å². The van der Waals surface area contributed by atoms with E-state index in [-0.39, 0.29) is 34.0 Å². The lowest BCUT2D eigenvalue weighted by Crippen LogP contribution is -2.45. The summed E-state index contributed by atoms with van der Waals surface area (Å²) in [5.74, 6) is -0.0715. The van der Waals surface area contributed by atoms with E-state index in [0.29, 0.717) is 28.8 Å². The minimum Gasteiger partial charge on any atom is -0.505 e. The number of thioether (sulfide) groups is 1. The Morgan fingerprint density at radius 3 is 2.50 bits per heavy atom. The first-order valence-corrected chi connectivity index (χ1v) is 10.6. The predicted molar refractivity (Wildman–Crippen MR) is 120 cm³/mol. The Balaban J connectivity index is 1.82. The molecule has 7 nitrogen and oxygen atoms in total. The fourth-order valence-corrected chi connectivity index (χ4v) is 4.41. The van der Waals surface area contributed by atoms with Gasteiger partial charge in [-0.05, 0) is 43.3 Å². The molecule has 2 amide bonds. The molecule has 0 aliphatic carbocycles. The van der Waals surface area contributed by atoms with Crippen molar-refractivity contribution in [3.05, 3.63) is 46.4 Å². The number of halogens is 2. The van der Waals surface area contributed by atoms with Crippen molar-refractivity contribution in [1.82, 2.24) is 4.90 Å². The molecule has 3 rings (SSSR count). The first-order chi connectivity index (χ1) is 14.3. The normalized spacial score (nSPS) is 17.9. The summed E-state index contributed by atoms with van der Waals surface area (Å²) in [5.41, 5.74) is 0.968. The Bertz CT molecular complexity index is 975. The number of methoxy groups -OCH3 is 1. The molecule has 2 aromatic carbocycles. The molecule has 30 heavy (non-hydrogen) atoms. The van der Waals surface area contributed by atoms with Gasteiger partial charge >= 0.3 is 0 Å². The number of phenols is 1. The largest absolute Gasteiger partial charge is 0.505 e. The van der Waals surface area contributed by atoms with Crippen LogP contribution in [0.4, 0.5) is 11.4 Å². The second-order valence-electron chi connectivity index (χ2n) is 6.32. The molecular formula is C20H19Cl2N3O4S. The van der Waals surface area contributed by atoms with Crippen LogP contribution in [-0.4, -0.2) is 45.9 Å². The summed E-state index contributed by atoms with van der Waals surface area (Å²) in [5, 5.41) is 12.3. The van der Waals surface area contributed by atoms with E-state index < -0.39 is 5.25 Å². The zero-order chi connectivity index (χ0) is 21.8. The number of nitrogens with one attached hydrogen (secondary N) is 1. The third-order valence-corrected chi connectivity index (χ3v) is 6.10. The maximum absolute atomic E-state index is 12.7. The number of anilines is 1. The van der Waals surface area contributed by atoms with Crippen molar-refractivity contribution >= 4 is 63.3 Å². The van der Waals surface area contributed by atoms with Gasteiger partial charge in [-0.2, -0.15) is 0 Å². The molecule has 1 saturated heterocycles. The van der Waals surface area contributed by atoms with Crippen LogP contribution in [0.3, 0.4) is 0 Å². The van der Waals surface area contributed by atoms with Gasteiger partial charge in [-0.3, -0.25) is 14.5 Å². The molecule has 1 fully saturated rings. The third-order valence-electron chi connectivity index (χ3n) is 4.33. The molecule has 0 spiro atoms. The second kappa shape index (κ2) is 9.59. The van der Waals surface area contributed by atoms with Crippen LogP contribution in [0, 0.1) is 0 Å². The lowest BCUT2D eigenvalue weighted by Gasteiger charge is -2.31. The van der Waals surface area contributed by atoms with Crippen molar-refractivity contribution in [1.29, 1.82) is 0 Å². The highest BCUT2D eigenvalue weighted by Gasteiger charge is 2.35. The fourth-order valence-electron chi connectivity index (χ4n) is 2.78. The topological polar surface area (TPSA) is 91.2 Å².